The minimum atomic E-state index is 0.188. The van der Waals surface area contributed by atoms with Gasteiger partial charge in [-0.25, -0.2) is 0 Å². The van der Waals surface area contributed by atoms with Crippen LogP contribution in [0.5, 0.6) is 0 Å². The largest absolute Gasteiger partial charge is 0.298 e. The van der Waals surface area contributed by atoms with E-state index >= 15 is 0 Å². The number of carbonyl (C=O) groups is 1. The van der Waals surface area contributed by atoms with Crippen LogP contribution in [0.2, 0.25) is 5.02 Å². The molecule has 0 saturated carbocycles. The van der Waals surface area contributed by atoms with Gasteiger partial charge in [-0.05, 0) is 18.2 Å². The zero-order valence-corrected chi connectivity index (χ0v) is 8.01. The number of halogens is 1. The molecule has 0 fully saturated rings. The van der Waals surface area contributed by atoms with Gasteiger partial charge < -0.3 is 0 Å². The van der Waals surface area contributed by atoms with Crippen LogP contribution in [0.15, 0.2) is 18.2 Å². The zero-order chi connectivity index (χ0) is 10.4. The zero-order valence-electron chi connectivity index (χ0n) is 7.25. The molecule has 68 valence electrons. The van der Waals surface area contributed by atoms with E-state index in [4.69, 9.17) is 16.9 Å². The van der Waals surface area contributed by atoms with Gasteiger partial charge in [-0.3, -0.25) is 4.79 Å². The molecule has 0 aliphatic carbocycles. The van der Waals surface area contributed by atoms with Crippen molar-refractivity contribution in [2.75, 3.05) is 0 Å². The molecule has 14 heavy (non-hydrogen) atoms. The normalized spacial score (nSPS) is 8.29. The molecule has 0 spiro atoms. The fourth-order valence-corrected chi connectivity index (χ4v) is 1.11. The van der Waals surface area contributed by atoms with E-state index in [0.29, 0.717) is 22.4 Å². The number of carbonyl (C=O) groups excluding carboxylic acids is 1. The van der Waals surface area contributed by atoms with E-state index < -0.39 is 0 Å². The van der Waals surface area contributed by atoms with E-state index in [2.05, 4.69) is 11.8 Å². The third kappa shape index (κ3) is 2.62. The summed E-state index contributed by atoms with van der Waals surface area (Å²) in [6.07, 6.45) is 0.877. The van der Waals surface area contributed by atoms with Gasteiger partial charge in [0.2, 0.25) is 0 Å². The summed E-state index contributed by atoms with van der Waals surface area (Å²) in [4.78, 5) is 10.4. The van der Waals surface area contributed by atoms with Crippen molar-refractivity contribution in [3.05, 3.63) is 34.3 Å². The van der Waals surface area contributed by atoms with Crippen molar-refractivity contribution in [2.45, 2.75) is 6.42 Å². The summed E-state index contributed by atoms with van der Waals surface area (Å²) in [5.74, 6) is 5.42. The van der Waals surface area contributed by atoms with Crippen LogP contribution in [0.4, 0.5) is 0 Å². The molecule has 0 aliphatic rings. The average molecular weight is 204 g/mol. The molecule has 0 unspecified atom stereocenters. The molecule has 1 aromatic carbocycles. The van der Waals surface area contributed by atoms with Gasteiger partial charge in [0.1, 0.15) is 0 Å². The fraction of sp³-hybridized carbons (Fsp3) is 0.0909. The molecule has 1 rings (SSSR count). The number of hydrogen-bond acceptors (Lipinski definition) is 2. The Morgan fingerprint density at radius 3 is 2.86 bits per heavy atom. The summed E-state index contributed by atoms with van der Waals surface area (Å²) in [6.45, 7) is 0. The van der Waals surface area contributed by atoms with Gasteiger partial charge in [-0.15, -0.1) is 0 Å². The lowest BCUT2D eigenvalue weighted by atomic mass is 10.1. The van der Waals surface area contributed by atoms with E-state index in [-0.39, 0.29) is 6.42 Å². The second kappa shape index (κ2) is 5.07. The summed E-state index contributed by atoms with van der Waals surface area (Å²) in [7, 11) is 0. The first-order chi connectivity index (χ1) is 6.77. The number of hydrogen-bond donors (Lipinski definition) is 0. The summed E-state index contributed by atoms with van der Waals surface area (Å²) in [5, 5.41) is 8.63. The Hall–Kier alpha value is -1.77. The SMILES string of the molecule is N#CCC#Cc1ccc(C=O)c(Cl)c1. The third-order valence-corrected chi connectivity index (χ3v) is 1.85. The lowest BCUT2D eigenvalue weighted by Gasteiger charge is -1.95. The molecule has 0 amide bonds. The molecule has 2 nitrogen and oxygen atoms in total. The predicted molar refractivity (Wildman–Crippen MR) is 53.9 cm³/mol. The van der Waals surface area contributed by atoms with Gasteiger partial charge in [-0.2, -0.15) is 5.26 Å². The van der Waals surface area contributed by atoms with Crippen molar-refractivity contribution < 1.29 is 4.79 Å². The highest BCUT2D eigenvalue weighted by molar-refractivity contribution is 6.33. The topological polar surface area (TPSA) is 40.9 Å². The molecule has 0 N–H and O–H groups in total. The van der Waals surface area contributed by atoms with Gasteiger partial charge in [-0.1, -0.05) is 23.4 Å². The fourth-order valence-electron chi connectivity index (χ4n) is 0.886. The van der Waals surface area contributed by atoms with Crippen molar-refractivity contribution >= 4 is 17.9 Å². The molecule has 0 radical (unpaired) electrons. The van der Waals surface area contributed by atoms with Gasteiger partial charge in [0.05, 0.1) is 17.5 Å². The van der Waals surface area contributed by atoms with E-state index in [0.717, 1.165) is 0 Å². The Labute approximate surface area is 87.1 Å². The number of nitriles is 1. The van der Waals surface area contributed by atoms with Crippen molar-refractivity contribution in [2.24, 2.45) is 0 Å². The highest BCUT2D eigenvalue weighted by atomic mass is 35.5. The van der Waals surface area contributed by atoms with Crippen LogP contribution >= 0.6 is 11.6 Å². The molecule has 0 aliphatic heterocycles. The van der Waals surface area contributed by atoms with Crippen LogP contribution < -0.4 is 0 Å². The lowest BCUT2D eigenvalue weighted by molar-refractivity contribution is 0.112. The molecule has 0 bridgehead atoms. The van der Waals surface area contributed by atoms with Gasteiger partial charge in [0.15, 0.2) is 6.29 Å². The number of nitrogens with zero attached hydrogens (tertiary/aromatic N) is 1. The van der Waals surface area contributed by atoms with Crippen LogP contribution in [0.3, 0.4) is 0 Å². The maximum absolute atomic E-state index is 10.4. The van der Waals surface area contributed by atoms with E-state index in [1.165, 1.54) is 0 Å². The minimum Gasteiger partial charge on any atom is -0.298 e. The second-order valence-corrected chi connectivity index (χ2v) is 2.90. The summed E-state index contributed by atoms with van der Waals surface area (Å²) in [5.41, 5.74) is 1.15. The Balaban J connectivity index is 2.94. The smallest absolute Gasteiger partial charge is 0.151 e. The van der Waals surface area contributed by atoms with Crippen LogP contribution in [0.1, 0.15) is 22.3 Å². The number of rotatable bonds is 1. The van der Waals surface area contributed by atoms with Gasteiger partial charge in [0.25, 0.3) is 0 Å². The van der Waals surface area contributed by atoms with Gasteiger partial charge >= 0.3 is 0 Å². The molecule has 1 aromatic rings. The summed E-state index contributed by atoms with van der Waals surface area (Å²) in [6, 6.07) is 6.82. The quantitative estimate of drug-likeness (QED) is 0.520. The van der Waals surface area contributed by atoms with Crippen molar-refractivity contribution in [1.82, 2.24) is 0 Å². The number of aldehydes is 1. The molecule has 0 heterocycles. The molecule has 0 aromatic heterocycles. The van der Waals surface area contributed by atoms with Crippen LogP contribution in [0, 0.1) is 23.2 Å². The standard InChI is InChI=1S/C11H6ClNO/c12-11-7-9(3-1-2-6-13)4-5-10(11)8-14/h4-5,7-8H,2H2. The molecule has 0 atom stereocenters. The molecular formula is C11H6ClNO. The lowest BCUT2D eigenvalue weighted by Crippen LogP contribution is -1.83. The van der Waals surface area contributed by atoms with Crippen LogP contribution in [-0.4, -0.2) is 6.29 Å². The first-order valence-electron chi connectivity index (χ1n) is 3.88. The highest BCUT2D eigenvalue weighted by Crippen LogP contribution is 2.15. The molecular weight excluding hydrogens is 198 g/mol. The van der Waals surface area contributed by atoms with Gasteiger partial charge in [0, 0.05) is 11.1 Å². The average Bonchev–Trinajstić information content (AvgIpc) is 2.18. The second-order valence-electron chi connectivity index (χ2n) is 2.49. The number of benzene rings is 1. The highest BCUT2D eigenvalue weighted by Gasteiger charge is 1.98. The summed E-state index contributed by atoms with van der Waals surface area (Å²) < 4.78 is 0. The third-order valence-electron chi connectivity index (χ3n) is 1.53. The Bertz CT molecular complexity index is 449. The van der Waals surface area contributed by atoms with Crippen LogP contribution in [-0.2, 0) is 0 Å². The van der Waals surface area contributed by atoms with Crippen molar-refractivity contribution in [3.8, 4) is 17.9 Å². The Kier molecular flexibility index (Phi) is 3.73. The van der Waals surface area contributed by atoms with Crippen LogP contribution in [0.25, 0.3) is 0 Å². The predicted octanol–water partition coefficient (Wildman–Crippen LogP) is 2.42. The summed E-state index contributed by atoms with van der Waals surface area (Å²) >= 11 is 5.78. The van der Waals surface area contributed by atoms with E-state index in [9.17, 15) is 4.79 Å². The minimum absolute atomic E-state index is 0.188. The molecule has 3 heteroatoms. The maximum Gasteiger partial charge on any atom is 0.151 e. The maximum atomic E-state index is 10.4. The van der Waals surface area contributed by atoms with E-state index in [1.54, 1.807) is 18.2 Å². The molecule has 0 saturated heterocycles. The monoisotopic (exact) mass is 203 g/mol. The van der Waals surface area contributed by atoms with Crippen molar-refractivity contribution in [1.29, 1.82) is 5.26 Å². The van der Waals surface area contributed by atoms with Crippen molar-refractivity contribution in [3.63, 3.8) is 0 Å². The Morgan fingerprint density at radius 1 is 1.50 bits per heavy atom. The van der Waals surface area contributed by atoms with E-state index in [1.807, 2.05) is 6.07 Å². The first kappa shape index (κ1) is 10.3. The first-order valence-corrected chi connectivity index (χ1v) is 4.26. The Morgan fingerprint density at radius 2 is 2.29 bits per heavy atom.